The predicted molar refractivity (Wildman–Crippen MR) is 73.8 cm³/mol. The van der Waals surface area contributed by atoms with E-state index in [1.807, 2.05) is 17.8 Å². The number of hydrogen-bond donors (Lipinski definition) is 1. The molecular weight excluding hydrogens is 232 g/mol. The fourth-order valence-electron chi connectivity index (χ4n) is 1.50. The number of thioether (sulfide) groups is 1. The standard InChI is InChI=1S/C13H18N2OS/c1-16-13-9-11(10-14)5-6-12(13)15-7-3-4-8-17-2/h5-6,9,15H,3-4,7-8H2,1-2H3. The van der Waals surface area contributed by atoms with Crippen LogP contribution < -0.4 is 10.1 Å². The first kappa shape index (κ1) is 13.7. The number of unbranched alkanes of at least 4 members (excludes halogenated alkanes) is 1. The molecular formula is C13H18N2OS. The molecule has 0 fully saturated rings. The molecule has 0 saturated heterocycles. The lowest BCUT2D eigenvalue weighted by atomic mass is 10.2. The van der Waals surface area contributed by atoms with Gasteiger partial charge in [0.15, 0.2) is 0 Å². The first-order valence-electron chi connectivity index (χ1n) is 5.62. The number of nitrogens with one attached hydrogen (secondary N) is 1. The maximum atomic E-state index is 8.79. The summed E-state index contributed by atoms with van der Waals surface area (Å²) < 4.78 is 5.25. The third kappa shape index (κ3) is 4.58. The zero-order chi connectivity index (χ0) is 12.5. The maximum Gasteiger partial charge on any atom is 0.143 e. The summed E-state index contributed by atoms with van der Waals surface area (Å²) in [5.74, 6) is 1.93. The Balaban J connectivity index is 2.50. The van der Waals surface area contributed by atoms with Gasteiger partial charge in [0.1, 0.15) is 5.75 Å². The van der Waals surface area contributed by atoms with E-state index in [0.717, 1.165) is 24.4 Å². The molecule has 0 aromatic heterocycles. The van der Waals surface area contributed by atoms with Gasteiger partial charge in [0.25, 0.3) is 0 Å². The lowest BCUT2D eigenvalue weighted by Crippen LogP contribution is -2.03. The van der Waals surface area contributed by atoms with Crippen LogP contribution in [0.1, 0.15) is 18.4 Å². The zero-order valence-electron chi connectivity index (χ0n) is 10.3. The first-order chi connectivity index (χ1) is 8.31. The molecule has 0 unspecified atom stereocenters. The Morgan fingerprint density at radius 2 is 2.24 bits per heavy atom. The van der Waals surface area contributed by atoms with Crippen LogP contribution >= 0.6 is 11.8 Å². The van der Waals surface area contributed by atoms with Crippen LogP contribution in [0.15, 0.2) is 18.2 Å². The summed E-state index contributed by atoms with van der Waals surface area (Å²) in [6.07, 6.45) is 4.48. The lowest BCUT2D eigenvalue weighted by molar-refractivity contribution is 0.416. The quantitative estimate of drug-likeness (QED) is 0.755. The zero-order valence-corrected chi connectivity index (χ0v) is 11.1. The van der Waals surface area contributed by atoms with E-state index in [0.29, 0.717) is 5.56 Å². The number of rotatable bonds is 7. The van der Waals surface area contributed by atoms with E-state index in [2.05, 4.69) is 17.6 Å². The van der Waals surface area contributed by atoms with Gasteiger partial charge in [-0.15, -0.1) is 0 Å². The van der Waals surface area contributed by atoms with E-state index in [-0.39, 0.29) is 0 Å². The van der Waals surface area contributed by atoms with Crippen LogP contribution in [0.2, 0.25) is 0 Å². The molecule has 0 aliphatic heterocycles. The molecule has 1 aromatic rings. The summed E-state index contributed by atoms with van der Waals surface area (Å²) in [7, 11) is 1.62. The lowest BCUT2D eigenvalue weighted by Gasteiger charge is -2.11. The number of anilines is 1. The number of hydrogen-bond acceptors (Lipinski definition) is 4. The minimum atomic E-state index is 0.620. The largest absolute Gasteiger partial charge is 0.495 e. The molecule has 4 heteroatoms. The van der Waals surface area contributed by atoms with E-state index in [9.17, 15) is 0 Å². The summed E-state index contributed by atoms with van der Waals surface area (Å²) in [5.41, 5.74) is 1.57. The number of nitrogens with zero attached hydrogens (tertiary/aromatic N) is 1. The van der Waals surface area contributed by atoms with Crippen LogP contribution in [0.25, 0.3) is 0 Å². The molecule has 0 bridgehead atoms. The molecule has 0 atom stereocenters. The predicted octanol–water partition coefficient (Wildman–Crippen LogP) is 3.12. The molecule has 0 amide bonds. The smallest absolute Gasteiger partial charge is 0.143 e. The van der Waals surface area contributed by atoms with Crippen molar-refractivity contribution in [1.82, 2.24) is 0 Å². The van der Waals surface area contributed by atoms with Crippen molar-refractivity contribution in [1.29, 1.82) is 5.26 Å². The Bertz CT molecular complexity index is 387. The van der Waals surface area contributed by atoms with Crippen molar-refractivity contribution in [3.8, 4) is 11.8 Å². The monoisotopic (exact) mass is 250 g/mol. The highest BCUT2D eigenvalue weighted by molar-refractivity contribution is 7.98. The Labute approximate surface area is 107 Å². The fourth-order valence-corrected chi connectivity index (χ4v) is 1.99. The molecule has 3 nitrogen and oxygen atoms in total. The highest BCUT2D eigenvalue weighted by atomic mass is 32.2. The third-order valence-corrected chi connectivity index (χ3v) is 3.12. The van der Waals surface area contributed by atoms with Crippen LogP contribution in [-0.4, -0.2) is 25.7 Å². The van der Waals surface area contributed by atoms with Gasteiger partial charge in [-0.25, -0.2) is 0 Å². The molecule has 17 heavy (non-hydrogen) atoms. The van der Waals surface area contributed by atoms with Gasteiger partial charge in [-0.1, -0.05) is 0 Å². The van der Waals surface area contributed by atoms with E-state index in [1.54, 1.807) is 19.2 Å². The summed E-state index contributed by atoms with van der Waals surface area (Å²) in [6, 6.07) is 7.55. The van der Waals surface area contributed by atoms with Gasteiger partial charge in [-0.3, -0.25) is 0 Å². The molecule has 0 aliphatic carbocycles. The van der Waals surface area contributed by atoms with E-state index < -0.39 is 0 Å². The topological polar surface area (TPSA) is 45.0 Å². The molecule has 0 radical (unpaired) electrons. The summed E-state index contributed by atoms with van der Waals surface area (Å²) >= 11 is 1.87. The van der Waals surface area contributed by atoms with Crippen molar-refractivity contribution in [3.63, 3.8) is 0 Å². The maximum absolute atomic E-state index is 8.79. The number of ether oxygens (including phenoxy) is 1. The van der Waals surface area contributed by atoms with Crippen LogP contribution in [-0.2, 0) is 0 Å². The number of nitriles is 1. The summed E-state index contributed by atoms with van der Waals surface area (Å²) in [5, 5.41) is 12.1. The van der Waals surface area contributed by atoms with Crippen molar-refractivity contribution < 1.29 is 4.74 Å². The Hall–Kier alpha value is -1.34. The second-order valence-electron chi connectivity index (χ2n) is 3.65. The molecule has 0 spiro atoms. The van der Waals surface area contributed by atoms with Crippen molar-refractivity contribution in [2.75, 3.05) is 31.0 Å². The van der Waals surface area contributed by atoms with E-state index >= 15 is 0 Å². The summed E-state index contributed by atoms with van der Waals surface area (Å²) in [4.78, 5) is 0. The Morgan fingerprint density at radius 1 is 1.41 bits per heavy atom. The molecule has 0 heterocycles. The average Bonchev–Trinajstić information content (AvgIpc) is 2.38. The normalized spacial score (nSPS) is 9.71. The van der Waals surface area contributed by atoms with Crippen LogP contribution in [0.5, 0.6) is 5.75 Å². The van der Waals surface area contributed by atoms with Crippen molar-refractivity contribution >= 4 is 17.4 Å². The minimum absolute atomic E-state index is 0.620. The van der Waals surface area contributed by atoms with Gasteiger partial charge in [-0.2, -0.15) is 17.0 Å². The summed E-state index contributed by atoms with van der Waals surface area (Å²) in [6.45, 7) is 0.933. The van der Waals surface area contributed by atoms with Gasteiger partial charge in [-0.05, 0) is 37.0 Å². The Kier molecular flexibility index (Phi) is 6.34. The van der Waals surface area contributed by atoms with Gasteiger partial charge in [0.05, 0.1) is 24.4 Å². The SMILES string of the molecule is COc1cc(C#N)ccc1NCCCCSC. The van der Waals surface area contributed by atoms with Gasteiger partial charge >= 0.3 is 0 Å². The molecule has 0 aliphatic rings. The fraction of sp³-hybridized carbons (Fsp3) is 0.462. The Morgan fingerprint density at radius 3 is 2.88 bits per heavy atom. The van der Waals surface area contributed by atoms with E-state index in [4.69, 9.17) is 10.00 Å². The minimum Gasteiger partial charge on any atom is -0.495 e. The van der Waals surface area contributed by atoms with Gasteiger partial charge in [0.2, 0.25) is 0 Å². The van der Waals surface area contributed by atoms with Gasteiger partial charge < -0.3 is 10.1 Å². The van der Waals surface area contributed by atoms with E-state index in [1.165, 1.54) is 12.2 Å². The molecule has 92 valence electrons. The number of methoxy groups -OCH3 is 1. The molecule has 1 rings (SSSR count). The highest BCUT2D eigenvalue weighted by Crippen LogP contribution is 2.25. The molecule has 1 N–H and O–H groups in total. The first-order valence-corrected chi connectivity index (χ1v) is 7.02. The van der Waals surface area contributed by atoms with Gasteiger partial charge in [0, 0.05) is 12.6 Å². The second kappa shape index (κ2) is 7.86. The van der Waals surface area contributed by atoms with Crippen molar-refractivity contribution in [3.05, 3.63) is 23.8 Å². The van der Waals surface area contributed by atoms with Crippen molar-refractivity contribution in [2.45, 2.75) is 12.8 Å². The third-order valence-electron chi connectivity index (χ3n) is 2.42. The van der Waals surface area contributed by atoms with Crippen LogP contribution in [0, 0.1) is 11.3 Å². The van der Waals surface area contributed by atoms with Crippen LogP contribution in [0.4, 0.5) is 5.69 Å². The molecule has 0 saturated carbocycles. The van der Waals surface area contributed by atoms with Crippen LogP contribution in [0.3, 0.4) is 0 Å². The molecule has 1 aromatic carbocycles. The average molecular weight is 250 g/mol. The van der Waals surface area contributed by atoms with Crippen molar-refractivity contribution in [2.24, 2.45) is 0 Å². The highest BCUT2D eigenvalue weighted by Gasteiger charge is 2.03. The second-order valence-corrected chi connectivity index (χ2v) is 4.64. The number of benzene rings is 1.